The highest BCUT2D eigenvalue weighted by atomic mass is 15.3. The molecule has 2 heterocycles. The van der Waals surface area contributed by atoms with Gasteiger partial charge in [0, 0.05) is 23.7 Å². The van der Waals surface area contributed by atoms with E-state index in [1.165, 1.54) is 38.6 Å². The van der Waals surface area contributed by atoms with Gasteiger partial charge in [-0.25, -0.2) is 0 Å². The topological polar surface area (TPSA) is 15.3 Å². The summed E-state index contributed by atoms with van der Waals surface area (Å²) in [7, 11) is 0. The summed E-state index contributed by atoms with van der Waals surface area (Å²) in [5.74, 6) is 0.885. The van der Waals surface area contributed by atoms with Crippen molar-refractivity contribution >= 4 is 0 Å². The molecule has 5 atom stereocenters. The Bertz CT molecular complexity index is 278. The molecule has 1 N–H and O–H groups in total. The molecule has 2 aliphatic heterocycles. The first-order valence-electron chi connectivity index (χ1n) is 7.19. The Hall–Kier alpha value is -0.0800. The van der Waals surface area contributed by atoms with Crippen LogP contribution in [0, 0.1) is 5.92 Å². The van der Waals surface area contributed by atoms with Gasteiger partial charge in [0.2, 0.25) is 0 Å². The highest BCUT2D eigenvalue weighted by molar-refractivity contribution is 5.14. The number of hydrogen-bond acceptors (Lipinski definition) is 2. The van der Waals surface area contributed by atoms with Gasteiger partial charge in [-0.3, -0.25) is 4.90 Å². The highest BCUT2D eigenvalue weighted by Crippen LogP contribution is 2.48. The molecular weight excluding hydrogens is 196 g/mol. The maximum atomic E-state index is 3.92. The van der Waals surface area contributed by atoms with Crippen molar-refractivity contribution in [3.8, 4) is 0 Å². The third kappa shape index (κ3) is 1.26. The lowest BCUT2D eigenvalue weighted by Gasteiger charge is -2.59. The lowest BCUT2D eigenvalue weighted by molar-refractivity contribution is -0.0584. The van der Waals surface area contributed by atoms with E-state index in [-0.39, 0.29) is 0 Å². The van der Waals surface area contributed by atoms with Crippen LogP contribution in [0.2, 0.25) is 0 Å². The molecule has 1 aliphatic carbocycles. The highest BCUT2D eigenvalue weighted by Gasteiger charge is 2.56. The third-order valence-corrected chi connectivity index (χ3v) is 5.78. The fourth-order valence-electron chi connectivity index (χ4n) is 4.80. The Morgan fingerprint density at radius 2 is 1.94 bits per heavy atom. The predicted octanol–water partition coefficient (Wildman–Crippen LogP) is 2.39. The maximum absolute atomic E-state index is 3.92. The van der Waals surface area contributed by atoms with Crippen molar-refractivity contribution in [2.45, 2.75) is 76.5 Å². The van der Waals surface area contributed by atoms with Crippen molar-refractivity contribution < 1.29 is 0 Å². The molecule has 92 valence electrons. The minimum absolute atomic E-state index is 0.518. The van der Waals surface area contributed by atoms with E-state index >= 15 is 0 Å². The minimum atomic E-state index is 0.518. The predicted molar refractivity (Wildman–Crippen MR) is 67.5 cm³/mol. The average Bonchev–Trinajstić information content (AvgIpc) is 2.69. The SMILES string of the molecule is CC1NC2CCCC(C)C23CCCN3C1C. The van der Waals surface area contributed by atoms with Crippen LogP contribution < -0.4 is 5.32 Å². The summed E-state index contributed by atoms with van der Waals surface area (Å²) in [6, 6.07) is 2.16. The summed E-state index contributed by atoms with van der Waals surface area (Å²) >= 11 is 0. The van der Waals surface area contributed by atoms with Crippen molar-refractivity contribution in [3.05, 3.63) is 0 Å². The zero-order chi connectivity index (χ0) is 11.3. The fourth-order valence-corrected chi connectivity index (χ4v) is 4.80. The standard InChI is InChI=1S/C14H26N2/c1-10-6-4-7-13-14(10)8-5-9-16(14)12(3)11(2)15-13/h10-13,15H,4-9H2,1-3H3. The van der Waals surface area contributed by atoms with Gasteiger partial charge in [-0.15, -0.1) is 0 Å². The first-order chi connectivity index (χ1) is 7.66. The molecule has 5 unspecified atom stereocenters. The number of rotatable bonds is 0. The third-order valence-electron chi connectivity index (χ3n) is 5.78. The number of hydrogen-bond donors (Lipinski definition) is 1. The lowest BCUT2D eigenvalue weighted by Crippen LogP contribution is -2.73. The lowest BCUT2D eigenvalue weighted by atomic mass is 9.66. The molecule has 2 saturated heterocycles. The van der Waals surface area contributed by atoms with E-state index in [0.29, 0.717) is 11.6 Å². The van der Waals surface area contributed by atoms with Crippen LogP contribution in [-0.2, 0) is 0 Å². The second-order valence-electron chi connectivity index (χ2n) is 6.37. The molecule has 0 amide bonds. The van der Waals surface area contributed by atoms with E-state index in [2.05, 4.69) is 31.0 Å². The van der Waals surface area contributed by atoms with Crippen molar-refractivity contribution in [1.29, 1.82) is 0 Å². The molecule has 0 bridgehead atoms. The summed E-state index contributed by atoms with van der Waals surface area (Å²) in [5.41, 5.74) is 0.518. The van der Waals surface area contributed by atoms with Crippen LogP contribution in [0.15, 0.2) is 0 Å². The van der Waals surface area contributed by atoms with Crippen molar-refractivity contribution in [1.82, 2.24) is 10.2 Å². The van der Waals surface area contributed by atoms with Crippen LogP contribution >= 0.6 is 0 Å². The average molecular weight is 222 g/mol. The van der Waals surface area contributed by atoms with Gasteiger partial charge in [-0.2, -0.15) is 0 Å². The Morgan fingerprint density at radius 3 is 2.75 bits per heavy atom. The van der Waals surface area contributed by atoms with Crippen LogP contribution in [0.1, 0.15) is 52.9 Å². The smallest absolute Gasteiger partial charge is 0.0392 e. The van der Waals surface area contributed by atoms with Crippen LogP contribution in [-0.4, -0.2) is 35.1 Å². The molecule has 1 spiro atoms. The number of nitrogens with zero attached hydrogens (tertiary/aromatic N) is 1. The quantitative estimate of drug-likeness (QED) is 0.677. The zero-order valence-corrected chi connectivity index (χ0v) is 11.0. The van der Waals surface area contributed by atoms with Crippen molar-refractivity contribution in [2.24, 2.45) is 5.92 Å². The molecule has 16 heavy (non-hydrogen) atoms. The normalized spacial score (nSPS) is 53.4. The van der Waals surface area contributed by atoms with Crippen molar-refractivity contribution in [2.75, 3.05) is 6.54 Å². The van der Waals surface area contributed by atoms with Gasteiger partial charge in [-0.1, -0.05) is 13.3 Å². The summed E-state index contributed by atoms with van der Waals surface area (Å²) in [6.45, 7) is 8.62. The van der Waals surface area contributed by atoms with Gasteiger partial charge in [0.15, 0.2) is 0 Å². The van der Waals surface area contributed by atoms with E-state index < -0.39 is 0 Å². The Morgan fingerprint density at radius 1 is 1.12 bits per heavy atom. The van der Waals surface area contributed by atoms with Gasteiger partial charge < -0.3 is 5.32 Å². The van der Waals surface area contributed by atoms with Crippen molar-refractivity contribution in [3.63, 3.8) is 0 Å². The Kier molecular flexibility index (Phi) is 2.56. The molecule has 3 rings (SSSR count). The summed E-state index contributed by atoms with van der Waals surface area (Å²) in [4.78, 5) is 2.86. The summed E-state index contributed by atoms with van der Waals surface area (Å²) in [5, 5.41) is 3.92. The van der Waals surface area contributed by atoms with Crippen LogP contribution in [0.4, 0.5) is 0 Å². The van der Waals surface area contributed by atoms with E-state index in [9.17, 15) is 0 Å². The molecule has 0 aromatic rings. The Labute approximate surface area is 99.8 Å². The minimum Gasteiger partial charge on any atom is -0.308 e. The van der Waals surface area contributed by atoms with Gasteiger partial charge in [0.05, 0.1) is 0 Å². The molecule has 3 fully saturated rings. The largest absolute Gasteiger partial charge is 0.308 e. The first kappa shape index (κ1) is 11.0. The van der Waals surface area contributed by atoms with Crippen LogP contribution in [0.25, 0.3) is 0 Å². The van der Waals surface area contributed by atoms with Gasteiger partial charge in [-0.05, 0) is 52.0 Å². The van der Waals surface area contributed by atoms with E-state index in [0.717, 1.165) is 18.0 Å². The number of piperazine rings is 1. The van der Waals surface area contributed by atoms with Crippen LogP contribution in [0.5, 0.6) is 0 Å². The van der Waals surface area contributed by atoms with Crippen LogP contribution in [0.3, 0.4) is 0 Å². The van der Waals surface area contributed by atoms with E-state index in [1.54, 1.807) is 0 Å². The molecule has 2 nitrogen and oxygen atoms in total. The fraction of sp³-hybridized carbons (Fsp3) is 1.00. The molecule has 3 aliphatic rings. The van der Waals surface area contributed by atoms with Gasteiger partial charge >= 0.3 is 0 Å². The van der Waals surface area contributed by atoms with Gasteiger partial charge in [0.25, 0.3) is 0 Å². The monoisotopic (exact) mass is 222 g/mol. The van der Waals surface area contributed by atoms with E-state index in [1.807, 2.05) is 0 Å². The molecule has 0 aromatic carbocycles. The molecular formula is C14H26N2. The van der Waals surface area contributed by atoms with E-state index in [4.69, 9.17) is 0 Å². The summed E-state index contributed by atoms with van der Waals surface area (Å²) < 4.78 is 0. The molecule has 1 saturated carbocycles. The molecule has 2 heteroatoms. The summed E-state index contributed by atoms with van der Waals surface area (Å²) in [6.07, 6.45) is 7.12. The zero-order valence-electron chi connectivity index (χ0n) is 11.0. The second-order valence-corrected chi connectivity index (χ2v) is 6.37. The number of nitrogens with one attached hydrogen (secondary N) is 1. The molecule has 0 aromatic heterocycles. The maximum Gasteiger partial charge on any atom is 0.0392 e. The second kappa shape index (κ2) is 3.71. The Balaban J connectivity index is 1.98. The molecule has 0 radical (unpaired) electrons. The first-order valence-corrected chi connectivity index (χ1v) is 7.19. The van der Waals surface area contributed by atoms with Gasteiger partial charge in [0.1, 0.15) is 0 Å².